The Morgan fingerprint density at radius 2 is 2.04 bits per heavy atom. The van der Waals surface area contributed by atoms with Crippen molar-refractivity contribution < 1.29 is 9.18 Å². The lowest BCUT2D eigenvalue weighted by Gasteiger charge is -2.33. The second-order valence-corrected chi connectivity index (χ2v) is 7.15. The third kappa shape index (κ3) is 1.67. The first kappa shape index (κ1) is 14.2. The van der Waals surface area contributed by atoms with Gasteiger partial charge in [-0.2, -0.15) is 0 Å². The molecular weight excluding hydrogens is 373 g/mol. The summed E-state index contributed by atoms with van der Waals surface area (Å²) in [6.07, 6.45) is 0.747. The zero-order valence-electron chi connectivity index (χ0n) is 12.5. The lowest BCUT2D eigenvalue weighted by Crippen LogP contribution is -2.53. The van der Waals surface area contributed by atoms with Crippen LogP contribution in [-0.2, 0) is 16.8 Å². The first-order chi connectivity index (χ1) is 11.6. The number of benzene rings is 2. The molecule has 1 atom stereocenters. The summed E-state index contributed by atoms with van der Waals surface area (Å²) in [4.78, 5) is 16.3. The van der Waals surface area contributed by atoms with Crippen molar-refractivity contribution in [2.45, 2.75) is 12.0 Å². The first-order valence-corrected chi connectivity index (χ1v) is 8.56. The third-order valence-corrected chi connectivity index (χ3v) is 5.48. The Morgan fingerprint density at radius 1 is 1.17 bits per heavy atom. The molecule has 1 aromatic heterocycles. The van der Waals surface area contributed by atoms with Crippen molar-refractivity contribution in [3.8, 4) is 0 Å². The maximum atomic E-state index is 13.7. The van der Waals surface area contributed by atoms with Gasteiger partial charge in [-0.05, 0) is 48.4 Å². The molecule has 0 radical (unpaired) electrons. The van der Waals surface area contributed by atoms with Gasteiger partial charge in [0.05, 0.1) is 5.69 Å². The molecule has 0 unspecified atom stereocenters. The Morgan fingerprint density at radius 3 is 2.92 bits per heavy atom. The van der Waals surface area contributed by atoms with Gasteiger partial charge in [0.15, 0.2) is 5.54 Å². The van der Waals surface area contributed by atoms with Gasteiger partial charge < -0.3 is 10.3 Å². The van der Waals surface area contributed by atoms with Gasteiger partial charge in [0, 0.05) is 33.2 Å². The highest BCUT2D eigenvalue weighted by atomic mass is 79.9. The van der Waals surface area contributed by atoms with Crippen LogP contribution in [0, 0.1) is 5.82 Å². The number of amides is 1. The number of fused-ring (bicyclic) bond motifs is 6. The largest absolute Gasteiger partial charge is 0.356 e. The molecule has 2 aliphatic rings. The summed E-state index contributed by atoms with van der Waals surface area (Å²) in [6.45, 7) is 0.649. The zero-order valence-corrected chi connectivity index (χ0v) is 14.1. The van der Waals surface area contributed by atoms with E-state index in [1.807, 2.05) is 18.2 Å². The molecular formula is C18H13BrFN3O. The molecule has 1 amide bonds. The molecule has 4 nitrogen and oxygen atoms in total. The van der Waals surface area contributed by atoms with Crippen LogP contribution in [0.25, 0.3) is 10.9 Å². The van der Waals surface area contributed by atoms with E-state index in [1.54, 1.807) is 12.1 Å². The standard InChI is InChI=1S/C18H13BrFN3O/c19-9-1-3-15-13(7-9)18(17(24)23-15)16-11(5-6-21-18)12-8-10(20)2-4-14(12)22-16/h1-4,7-8,21-22H,5-6H2,(H,23,24)/t18-/m1/s1. The van der Waals surface area contributed by atoms with Gasteiger partial charge in [0.2, 0.25) is 0 Å². The van der Waals surface area contributed by atoms with Crippen molar-refractivity contribution in [1.29, 1.82) is 0 Å². The van der Waals surface area contributed by atoms with E-state index in [0.29, 0.717) is 6.54 Å². The molecule has 0 saturated heterocycles. The van der Waals surface area contributed by atoms with Crippen LogP contribution >= 0.6 is 15.9 Å². The minimum Gasteiger partial charge on any atom is -0.356 e. The fourth-order valence-electron chi connectivity index (χ4n) is 3.96. The van der Waals surface area contributed by atoms with E-state index in [4.69, 9.17) is 0 Å². The fourth-order valence-corrected chi connectivity index (χ4v) is 4.32. The predicted octanol–water partition coefficient (Wildman–Crippen LogP) is 3.41. The Balaban J connectivity index is 1.86. The highest BCUT2D eigenvalue weighted by Crippen LogP contribution is 2.46. The number of hydrogen-bond acceptors (Lipinski definition) is 2. The van der Waals surface area contributed by atoms with E-state index in [1.165, 1.54) is 6.07 Å². The van der Waals surface area contributed by atoms with Crippen molar-refractivity contribution >= 4 is 38.4 Å². The van der Waals surface area contributed by atoms with Crippen molar-refractivity contribution in [3.05, 3.63) is 63.5 Å². The minimum atomic E-state index is -0.956. The summed E-state index contributed by atoms with van der Waals surface area (Å²) in [5.41, 5.74) is 3.39. The van der Waals surface area contributed by atoms with Crippen LogP contribution in [0.5, 0.6) is 0 Å². The molecule has 0 saturated carbocycles. The van der Waals surface area contributed by atoms with E-state index in [-0.39, 0.29) is 11.7 Å². The lowest BCUT2D eigenvalue weighted by molar-refractivity contribution is -0.120. The Labute approximate surface area is 145 Å². The quantitative estimate of drug-likeness (QED) is 0.555. The lowest BCUT2D eigenvalue weighted by atomic mass is 9.82. The number of rotatable bonds is 0. The number of halogens is 2. The summed E-state index contributed by atoms with van der Waals surface area (Å²) in [7, 11) is 0. The van der Waals surface area contributed by atoms with E-state index in [9.17, 15) is 9.18 Å². The van der Waals surface area contributed by atoms with Crippen LogP contribution in [-0.4, -0.2) is 17.4 Å². The topological polar surface area (TPSA) is 56.9 Å². The summed E-state index contributed by atoms with van der Waals surface area (Å²) in [5.74, 6) is -0.375. The molecule has 3 heterocycles. The normalized spacial score (nSPS) is 21.8. The second-order valence-electron chi connectivity index (χ2n) is 6.24. The van der Waals surface area contributed by atoms with Gasteiger partial charge in [-0.25, -0.2) is 4.39 Å². The van der Waals surface area contributed by atoms with Crippen LogP contribution in [0.1, 0.15) is 16.8 Å². The molecule has 2 aliphatic heterocycles. The molecule has 0 bridgehead atoms. The fraction of sp³-hybridized carbons (Fsp3) is 0.167. The summed E-state index contributed by atoms with van der Waals surface area (Å²) < 4.78 is 14.6. The van der Waals surface area contributed by atoms with Crippen LogP contribution in [0.2, 0.25) is 0 Å². The molecule has 0 aliphatic carbocycles. The highest BCUT2D eigenvalue weighted by molar-refractivity contribution is 9.10. The summed E-state index contributed by atoms with van der Waals surface area (Å²) in [5, 5.41) is 7.22. The molecule has 3 aromatic rings. The molecule has 1 spiro atoms. The number of nitrogens with one attached hydrogen (secondary N) is 3. The van der Waals surface area contributed by atoms with Crippen LogP contribution < -0.4 is 10.6 Å². The van der Waals surface area contributed by atoms with Crippen molar-refractivity contribution in [2.75, 3.05) is 11.9 Å². The monoisotopic (exact) mass is 385 g/mol. The van der Waals surface area contributed by atoms with E-state index >= 15 is 0 Å². The maximum absolute atomic E-state index is 13.7. The van der Waals surface area contributed by atoms with Crippen LogP contribution in [0.4, 0.5) is 10.1 Å². The summed E-state index contributed by atoms with van der Waals surface area (Å²) >= 11 is 3.49. The van der Waals surface area contributed by atoms with Crippen molar-refractivity contribution in [2.24, 2.45) is 0 Å². The molecule has 6 heteroatoms. The van der Waals surface area contributed by atoms with Gasteiger partial charge >= 0.3 is 0 Å². The number of carbonyl (C=O) groups is 1. The smallest absolute Gasteiger partial charge is 0.255 e. The van der Waals surface area contributed by atoms with Gasteiger partial charge in [0.1, 0.15) is 5.82 Å². The molecule has 5 rings (SSSR count). The average molecular weight is 386 g/mol. The Bertz CT molecular complexity index is 1030. The second kappa shape index (κ2) is 4.68. The van der Waals surface area contributed by atoms with Crippen molar-refractivity contribution in [1.82, 2.24) is 10.3 Å². The number of anilines is 1. The zero-order chi connectivity index (χ0) is 16.5. The maximum Gasteiger partial charge on any atom is 0.255 e. The minimum absolute atomic E-state index is 0.108. The average Bonchev–Trinajstić information content (AvgIpc) is 3.06. The van der Waals surface area contributed by atoms with Crippen LogP contribution in [0.3, 0.4) is 0 Å². The number of carbonyl (C=O) groups excluding carboxylic acids is 1. The molecule has 120 valence electrons. The number of aromatic nitrogens is 1. The third-order valence-electron chi connectivity index (χ3n) is 4.98. The SMILES string of the molecule is O=C1Nc2ccc(Br)cc2[C@]12NCCc1c2[nH]c2ccc(F)cc12. The van der Waals surface area contributed by atoms with Crippen molar-refractivity contribution in [3.63, 3.8) is 0 Å². The van der Waals surface area contributed by atoms with Crippen LogP contribution in [0.15, 0.2) is 40.9 Å². The van der Waals surface area contributed by atoms with Gasteiger partial charge in [-0.3, -0.25) is 10.1 Å². The molecule has 2 aromatic carbocycles. The van der Waals surface area contributed by atoms with E-state index in [0.717, 1.165) is 44.3 Å². The van der Waals surface area contributed by atoms with E-state index < -0.39 is 5.54 Å². The Kier molecular flexibility index (Phi) is 2.76. The number of aromatic amines is 1. The number of H-pyrrole nitrogens is 1. The Hall–Kier alpha value is -2.18. The molecule has 0 fully saturated rings. The highest BCUT2D eigenvalue weighted by Gasteiger charge is 2.52. The first-order valence-electron chi connectivity index (χ1n) is 7.77. The van der Waals surface area contributed by atoms with Gasteiger partial charge in [-0.15, -0.1) is 0 Å². The number of hydrogen-bond donors (Lipinski definition) is 3. The molecule has 24 heavy (non-hydrogen) atoms. The predicted molar refractivity (Wildman–Crippen MR) is 93.5 cm³/mol. The molecule has 3 N–H and O–H groups in total. The van der Waals surface area contributed by atoms with Gasteiger partial charge in [0.25, 0.3) is 5.91 Å². The van der Waals surface area contributed by atoms with E-state index in [2.05, 4.69) is 31.5 Å². The van der Waals surface area contributed by atoms with Gasteiger partial charge in [-0.1, -0.05) is 15.9 Å². The summed E-state index contributed by atoms with van der Waals surface area (Å²) in [6, 6.07) is 10.5.